The normalized spacial score (nSPS) is 11.6. The number of furan rings is 1. The summed E-state index contributed by atoms with van der Waals surface area (Å²) in [5.74, 6) is -0.651. The average molecular weight is 358 g/mol. The maximum absolute atomic E-state index is 12.5. The molecular weight excluding hydrogens is 332 g/mol. The van der Waals surface area contributed by atoms with Gasteiger partial charge in [-0.15, -0.1) is 0 Å². The van der Waals surface area contributed by atoms with Gasteiger partial charge in [0, 0.05) is 18.4 Å². The molecule has 7 heteroatoms. The lowest BCUT2D eigenvalue weighted by atomic mass is 10.2. The summed E-state index contributed by atoms with van der Waals surface area (Å²) in [6.07, 6.45) is 5.60. The van der Waals surface area contributed by atoms with E-state index in [-0.39, 0.29) is 17.4 Å². The van der Waals surface area contributed by atoms with Crippen molar-refractivity contribution in [3.05, 3.63) is 53.9 Å². The number of H-pyrrole nitrogens is 1. The van der Waals surface area contributed by atoms with Crippen molar-refractivity contribution in [3.63, 3.8) is 0 Å². The summed E-state index contributed by atoms with van der Waals surface area (Å²) in [7, 11) is 0. The quantitative estimate of drug-likeness (QED) is 0.449. The molecule has 2 rings (SSSR count). The number of carbonyl (C=O) groups is 2. The van der Waals surface area contributed by atoms with E-state index in [4.69, 9.17) is 4.42 Å². The van der Waals surface area contributed by atoms with Gasteiger partial charge < -0.3 is 24.9 Å². The van der Waals surface area contributed by atoms with Gasteiger partial charge in [0.25, 0.3) is 11.8 Å². The van der Waals surface area contributed by atoms with Crippen LogP contribution in [0, 0.1) is 0 Å². The van der Waals surface area contributed by atoms with E-state index in [0.717, 1.165) is 31.7 Å². The molecule has 0 spiro atoms. The van der Waals surface area contributed by atoms with Gasteiger partial charge in [0.2, 0.25) is 0 Å². The molecule has 2 heterocycles. The Balaban J connectivity index is 1.97. The van der Waals surface area contributed by atoms with E-state index in [1.54, 1.807) is 24.4 Å². The van der Waals surface area contributed by atoms with Crippen molar-refractivity contribution in [2.45, 2.75) is 20.3 Å². The summed E-state index contributed by atoms with van der Waals surface area (Å²) < 4.78 is 5.08. The van der Waals surface area contributed by atoms with E-state index in [2.05, 4.69) is 34.4 Å². The molecule has 0 saturated heterocycles. The number of nitrogens with zero attached hydrogens (tertiary/aromatic N) is 1. The largest absolute Gasteiger partial charge is 0.459 e. The third-order valence-corrected chi connectivity index (χ3v) is 3.99. The lowest BCUT2D eigenvalue weighted by molar-refractivity contribution is -0.117. The highest BCUT2D eigenvalue weighted by atomic mass is 16.3. The molecule has 0 unspecified atom stereocenters. The lowest BCUT2D eigenvalue weighted by Gasteiger charge is -2.18. The Bertz CT molecular complexity index is 701. The number of hydrogen-bond acceptors (Lipinski definition) is 4. The summed E-state index contributed by atoms with van der Waals surface area (Å²) in [6.45, 7) is 7.66. The molecule has 2 amide bonds. The van der Waals surface area contributed by atoms with E-state index in [1.165, 1.54) is 6.26 Å². The Labute approximate surface area is 153 Å². The number of hydrogen-bond donors (Lipinski definition) is 3. The maximum Gasteiger partial charge on any atom is 0.291 e. The first-order valence-electron chi connectivity index (χ1n) is 8.84. The first kappa shape index (κ1) is 19.5. The van der Waals surface area contributed by atoms with E-state index >= 15 is 0 Å². The molecule has 3 N–H and O–H groups in total. The van der Waals surface area contributed by atoms with Crippen LogP contribution in [-0.2, 0) is 4.79 Å². The molecule has 0 atom stereocenters. The average Bonchev–Trinajstić information content (AvgIpc) is 3.35. The number of rotatable bonds is 10. The molecule has 26 heavy (non-hydrogen) atoms. The van der Waals surface area contributed by atoms with Crippen LogP contribution in [-0.4, -0.2) is 47.9 Å². The minimum absolute atomic E-state index is 0.150. The topological polar surface area (TPSA) is 90.4 Å². The standard InChI is InChI=1S/C19H26N4O3/c1-3-23(4-2)12-7-11-21-18(24)16(14-15-8-5-10-20-15)22-19(25)17-9-6-13-26-17/h5-6,8-10,13-14,20H,3-4,7,11-12H2,1-2H3,(H,21,24)(H,22,25)/b16-14-. The van der Waals surface area contributed by atoms with Crippen molar-refractivity contribution in [2.75, 3.05) is 26.2 Å². The molecule has 2 aromatic rings. The van der Waals surface area contributed by atoms with Gasteiger partial charge in [-0.3, -0.25) is 9.59 Å². The summed E-state index contributed by atoms with van der Waals surface area (Å²) in [5.41, 5.74) is 0.884. The summed E-state index contributed by atoms with van der Waals surface area (Å²) in [4.78, 5) is 30.0. The first-order valence-corrected chi connectivity index (χ1v) is 8.84. The molecule has 0 aliphatic carbocycles. The molecular formula is C19H26N4O3. The van der Waals surface area contributed by atoms with E-state index in [0.29, 0.717) is 6.54 Å². The molecule has 2 aromatic heterocycles. The molecule has 0 bridgehead atoms. The van der Waals surface area contributed by atoms with Gasteiger partial charge >= 0.3 is 0 Å². The number of carbonyl (C=O) groups excluding carboxylic acids is 2. The fraction of sp³-hybridized carbons (Fsp3) is 0.368. The SMILES string of the molecule is CCN(CC)CCCNC(=O)/C(=C/c1ccc[nH]1)NC(=O)c1ccco1. The number of aromatic amines is 1. The molecule has 7 nitrogen and oxygen atoms in total. The maximum atomic E-state index is 12.5. The molecule has 0 fully saturated rings. The van der Waals surface area contributed by atoms with Gasteiger partial charge in [0.1, 0.15) is 5.70 Å². The fourth-order valence-electron chi connectivity index (χ4n) is 2.48. The molecule has 140 valence electrons. The molecule has 0 saturated carbocycles. The molecule has 0 aliphatic heterocycles. The van der Waals surface area contributed by atoms with Crippen molar-refractivity contribution in [3.8, 4) is 0 Å². The van der Waals surface area contributed by atoms with Crippen LogP contribution in [0.1, 0.15) is 36.5 Å². The molecule has 0 radical (unpaired) electrons. The minimum Gasteiger partial charge on any atom is -0.459 e. The van der Waals surface area contributed by atoms with Gasteiger partial charge in [-0.1, -0.05) is 13.8 Å². The van der Waals surface area contributed by atoms with Crippen molar-refractivity contribution in [1.29, 1.82) is 0 Å². The summed E-state index contributed by atoms with van der Waals surface area (Å²) >= 11 is 0. The highest BCUT2D eigenvalue weighted by molar-refractivity contribution is 6.04. The highest BCUT2D eigenvalue weighted by Crippen LogP contribution is 2.06. The zero-order valence-electron chi connectivity index (χ0n) is 15.2. The van der Waals surface area contributed by atoms with Crippen LogP contribution in [0.15, 0.2) is 46.8 Å². The van der Waals surface area contributed by atoms with Crippen LogP contribution in [0.25, 0.3) is 6.08 Å². The van der Waals surface area contributed by atoms with Crippen LogP contribution >= 0.6 is 0 Å². The van der Waals surface area contributed by atoms with Crippen molar-refractivity contribution in [2.24, 2.45) is 0 Å². The predicted molar refractivity (Wildman–Crippen MR) is 100 cm³/mol. The molecule has 0 aliphatic rings. The van der Waals surface area contributed by atoms with Gasteiger partial charge in [-0.25, -0.2) is 0 Å². The smallest absolute Gasteiger partial charge is 0.291 e. The Morgan fingerprint density at radius 1 is 1.23 bits per heavy atom. The van der Waals surface area contributed by atoms with Crippen LogP contribution in [0.2, 0.25) is 0 Å². The monoisotopic (exact) mass is 358 g/mol. The zero-order valence-corrected chi connectivity index (χ0v) is 15.2. The summed E-state index contributed by atoms with van der Waals surface area (Å²) in [5, 5.41) is 5.47. The zero-order chi connectivity index (χ0) is 18.8. The van der Waals surface area contributed by atoms with E-state index in [9.17, 15) is 9.59 Å². The van der Waals surface area contributed by atoms with Crippen molar-refractivity contribution < 1.29 is 14.0 Å². The Kier molecular flexibility index (Phi) is 7.70. The number of nitrogens with one attached hydrogen (secondary N) is 3. The highest BCUT2D eigenvalue weighted by Gasteiger charge is 2.16. The fourth-order valence-corrected chi connectivity index (χ4v) is 2.48. The van der Waals surface area contributed by atoms with Crippen LogP contribution in [0.5, 0.6) is 0 Å². The minimum atomic E-state index is -0.467. The third-order valence-electron chi connectivity index (χ3n) is 3.99. The van der Waals surface area contributed by atoms with Crippen LogP contribution in [0.4, 0.5) is 0 Å². The van der Waals surface area contributed by atoms with Crippen molar-refractivity contribution in [1.82, 2.24) is 20.5 Å². The predicted octanol–water partition coefficient (Wildman–Crippen LogP) is 2.23. The van der Waals surface area contributed by atoms with Gasteiger partial charge in [-0.05, 0) is 56.4 Å². The summed E-state index contributed by atoms with van der Waals surface area (Å²) in [6, 6.07) is 6.80. The van der Waals surface area contributed by atoms with Gasteiger partial charge in [0.05, 0.1) is 6.26 Å². The molecule has 0 aromatic carbocycles. The van der Waals surface area contributed by atoms with Crippen LogP contribution in [0.3, 0.4) is 0 Å². The second-order valence-corrected chi connectivity index (χ2v) is 5.75. The van der Waals surface area contributed by atoms with E-state index in [1.807, 2.05) is 12.1 Å². The third kappa shape index (κ3) is 5.93. The number of aromatic nitrogens is 1. The Morgan fingerprint density at radius 3 is 2.65 bits per heavy atom. The Morgan fingerprint density at radius 2 is 2.04 bits per heavy atom. The second-order valence-electron chi connectivity index (χ2n) is 5.75. The Hall–Kier alpha value is -2.80. The van der Waals surface area contributed by atoms with Crippen LogP contribution < -0.4 is 10.6 Å². The number of amides is 2. The first-order chi connectivity index (χ1) is 12.6. The van der Waals surface area contributed by atoms with Gasteiger partial charge in [-0.2, -0.15) is 0 Å². The van der Waals surface area contributed by atoms with E-state index < -0.39 is 5.91 Å². The van der Waals surface area contributed by atoms with Gasteiger partial charge in [0.15, 0.2) is 5.76 Å². The second kappa shape index (κ2) is 10.2. The lowest BCUT2D eigenvalue weighted by Crippen LogP contribution is -2.36. The van der Waals surface area contributed by atoms with Crippen molar-refractivity contribution >= 4 is 17.9 Å².